The molecule has 5 N–H and O–H groups in total. The number of carbonyl (C=O) groups is 8. The Bertz CT molecular complexity index is 3020. The van der Waals surface area contributed by atoms with Crippen LogP contribution in [0.5, 0.6) is 11.5 Å². The first-order valence-electron chi connectivity index (χ1n) is 22.9. The third-order valence-corrected chi connectivity index (χ3v) is 10.7. The molecule has 4 heterocycles. The topological polar surface area (TPSA) is 297 Å². The molecule has 0 unspecified atom stereocenters. The predicted molar refractivity (Wildman–Crippen MR) is 261 cm³/mol. The highest BCUT2D eigenvalue weighted by molar-refractivity contribution is 6.24. The van der Waals surface area contributed by atoms with Crippen molar-refractivity contribution in [1.29, 1.82) is 5.26 Å². The van der Waals surface area contributed by atoms with Gasteiger partial charge in [0.1, 0.15) is 11.1 Å². The molecule has 0 saturated carbocycles. The Morgan fingerprint density at radius 1 is 0.602 bits per heavy atom. The summed E-state index contributed by atoms with van der Waals surface area (Å²) in [7, 11) is 3.23. The predicted octanol–water partition coefficient (Wildman–Crippen LogP) is 7.27. The van der Waals surface area contributed by atoms with E-state index in [2.05, 4.69) is 35.4 Å². The van der Waals surface area contributed by atoms with Crippen molar-refractivity contribution in [3.05, 3.63) is 96.6 Å². The largest absolute Gasteiger partial charge is 0.573 e. The minimum Gasteiger partial charge on any atom is -0.475 e. The number of benzene rings is 2. The van der Waals surface area contributed by atoms with Crippen molar-refractivity contribution in [2.24, 2.45) is 0 Å². The maximum Gasteiger partial charge on any atom is 0.573 e. The highest BCUT2D eigenvalue weighted by Crippen LogP contribution is 2.40. The number of hydrogen-bond donors (Lipinski definition) is 5. The number of alkyl halides is 12. The lowest BCUT2D eigenvalue weighted by Crippen LogP contribution is -2.43. The van der Waals surface area contributed by atoms with Crippen LogP contribution in [0, 0.1) is 11.3 Å². The van der Waals surface area contributed by atoms with E-state index in [4.69, 9.17) is 25.1 Å². The zero-order chi connectivity index (χ0) is 63.2. The van der Waals surface area contributed by atoms with Crippen molar-refractivity contribution >= 4 is 70.4 Å². The van der Waals surface area contributed by atoms with Gasteiger partial charge in [-0.1, -0.05) is 0 Å². The molecule has 0 radical (unpaired) electrons. The summed E-state index contributed by atoms with van der Waals surface area (Å²) in [4.78, 5) is 109. The Morgan fingerprint density at radius 3 is 1.24 bits per heavy atom. The van der Waals surface area contributed by atoms with Gasteiger partial charge in [-0.05, 0) is 114 Å². The Labute approximate surface area is 460 Å². The molecule has 0 atom stereocenters. The lowest BCUT2D eigenvalue weighted by molar-refractivity contribution is -0.275. The SMILES string of the molecule is CC1(C)C(=O)N(c2ccc(OC(F)(F)F)c(NC(=O)CNCC#N)c2)C(=O)N1Cc1ccncc1.CN(C)CC(=O)Nc1cc(N2C(=O)N(Cc3ccncc3)C(C)(C)C2=O)ccc1OC(F)(F)F.O=C(O)C(F)(F)F.O=C(O)C(F)(F)F. The molecule has 2 aliphatic rings. The Hall–Kier alpha value is -9.33. The molecule has 0 spiro atoms. The molecule has 0 aliphatic carbocycles. The minimum absolute atomic E-state index is 0.00465. The number of likely N-dealkylation sites (N-methyl/N-ethyl adjacent to an activating group) is 1. The molecule has 23 nitrogen and oxygen atoms in total. The van der Waals surface area contributed by atoms with Crippen molar-refractivity contribution in [3.8, 4) is 17.6 Å². The summed E-state index contributed by atoms with van der Waals surface area (Å²) in [6.07, 6.45) is -14.0. The lowest BCUT2D eigenvalue weighted by Gasteiger charge is -2.27. The van der Waals surface area contributed by atoms with Crippen LogP contribution in [0.4, 0.5) is 85.0 Å². The van der Waals surface area contributed by atoms with E-state index in [1.807, 2.05) is 0 Å². The number of imide groups is 2. The molecule has 2 aromatic carbocycles. The minimum atomic E-state index is -5.08. The van der Waals surface area contributed by atoms with Gasteiger partial charge >= 0.3 is 49.1 Å². The van der Waals surface area contributed by atoms with Gasteiger partial charge in [-0.3, -0.25) is 34.5 Å². The monoisotopic (exact) mass is 1200 g/mol. The summed E-state index contributed by atoms with van der Waals surface area (Å²) >= 11 is 0. The number of aromatic nitrogens is 2. The van der Waals surface area contributed by atoms with E-state index in [-0.39, 0.29) is 49.8 Å². The average Bonchev–Trinajstić information content (AvgIpc) is 1.92. The van der Waals surface area contributed by atoms with E-state index in [1.165, 1.54) is 14.7 Å². The molecule has 8 amide bonds. The van der Waals surface area contributed by atoms with Crippen molar-refractivity contribution < 1.29 is 111 Å². The van der Waals surface area contributed by atoms with Crippen LogP contribution in [0.25, 0.3) is 0 Å². The van der Waals surface area contributed by atoms with Crippen molar-refractivity contribution in [2.45, 2.75) is 76.9 Å². The summed E-state index contributed by atoms with van der Waals surface area (Å²) < 4.78 is 149. The molecule has 83 heavy (non-hydrogen) atoms. The van der Waals surface area contributed by atoms with E-state index in [1.54, 1.807) is 96.9 Å². The fourth-order valence-electron chi connectivity index (χ4n) is 6.84. The van der Waals surface area contributed by atoms with E-state index in [0.717, 1.165) is 57.3 Å². The number of amides is 8. The number of pyridine rings is 2. The number of nitriles is 1. The number of carbonyl (C=O) groups excluding carboxylic acids is 6. The van der Waals surface area contributed by atoms with Gasteiger partial charge in [0.25, 0.3) is 11.8 Å². The fourth-order valence-corrected chi connectivity index (χ4v) is 6.84. The van der Waals surface area contributed by atoms with E-state index in [9.17, 15) is 81.5 Å². The molecular weight excluding hydrogens is 1150 g/mol. The molecule has 450 valence electrons. The van der Waals surface area contributed by atoms with Gasteiger partial charge in [0.05, 0.1) is 48.5 Å². The van der Waals surface area contributed by atoms with Crippen LogP contribution < -0.4 is 35.2 Å². The number of carboxylic acids is 2. The number of aliphatic carboxylic acids is 2. The van der Waals surface area contributed by atoms with Crippen molar-refractivity contribution in [1.82, 2.24) is 30.0 Å². The highest BCUT2D eigenvalue weighted by Gasteiger charge is 2.53. The second-order valence-electron chi connectivity index (χ2n) is 18.0. The van der Waals surface area contributed by atoms with Gasteiger partial charge in [-0.15, -0.1) is 26.3 Å². The van der Waals surface area contributed by atoms with Gasteiger partial charge in [0.15, 0.2) is 11.5 Å². The molecule has 2 fully saturated rings. The number of rotatable bonds is 15. The first-order chi connectivity index (χ1) is 38.1. The number of carboxylic acid groups (broad SMARTS) is 2. The molecule has 0 bridgehead atoms. The summed E-state index contributed by atoms with van der Waals surface area (Å²) in [5.41, 5.74) is -1.81. The van der Waals surface area contributed by atoms with E-state index < -0.39 is 101 Å². The van der Waals surface area contributed by atoms with Crippen molar-refractivity contribution in [3.63, 3.8) is 0 Å². The normalized spacial score (nSPS) is 14.8. The molecule has 35 heteroatoms. The second-order valence-corrected chi connectivity index (χ2v) is 18.0. The van der Waals surface area contributed by atoms with Crippen LogP contribution >= 0.6 is 0 Å². The number of urea groups is 2. The summed E-state index contributed by atoms with van der Waals surface area (Å²) in [5, 5.41) is 29.9. The maximum atomic E-state index is 13.2. The summed E-state index contributed by atoms with van der Waals surface area (Å²) in [6.45, 7) is 5.86. The van der Waals surface area contributed by atoms with Gasteiger partial charge in [0.2, 0.25) is 11.8 Å². The number of anilines is 4. The Morgan fingerprint density at radius 2 is 0.940 bits per heavy atom. The molecule has 2 aromatic heterocycles. The summed E-state index contributed by atoms with van der Waals surface area (Å²) in [6, 6.07) is 13.5. The fraction of sp³-hybridized carbons (Fsp3) is 0.354. The maximum absolute atomic E-state index is 13.2. The zero-order valence-electron chi connectivity index (χ0n) is 43.7. The van der Waals surface area contributed by atoms with Crippen LogP contribution in [0.1, 0.15) is 38.8 Å². The van der Waals surface area contributed by atoms with Crippen LogP contribution in [-0.4, -0.2) is 152 Å². The Balaban J connectivity index is 0.000000353. The molecule has 2 saturated heterocycles. The van der Waals surface area contributed by atoms with Crippen molar-refractivity contribution in [2.75, 3.05) is 54.2 Å². The van der Waals surface area contributed by atoms with Gasteiger partial charge in [0, 0.05) is 37.9 Å². The standard InChI is InChI=1S/C22H21F3N6O4.C22H24F3N5O4.2C2HF3O2/c1-21(2)19(33)31(20(34)30(21)13-14-5-8-27-9-6-14)15-3-4-17(35-22(23,24)25)16(11-15)29-18(32)12-28-10-7-26;1-21(2)19(32)30(20(33)29(21)12-14-7-9-26-10-8-14)15-5-6-17(34-22(23,24)25)16(11-15)27-18(31)13-28(3)4;2*3-2(4,5)1(6)7/h3-6,8-9,11,28H,10,12-13H2,1-2H3,(H,29,32);5-11H,12-13H2,1-4H3,(H,27,31);2*(H,6,7). The smallest absolute Gasteiger partial charge is 0.475 e. The molecule has 6 rings (SSSR count). The number of hydrogen-bond acceptors (Lipinski definition) is 15. The van der Waals surface area contributed by atoms with Crippen LogP contribution in [0.3, 0.4) is 0 Å². The third-order valence-electron chi connectivity index (χ3n) is 10.7. The van der Waals surface area contributed by atoms with Crippen LogP contribution in [0.2, 0.25) is 0 Å². The zero-order valence-corrected chi connectivity index (χ0v) is 43.7. The first-order valence-corrected chi connectivity index (χ1v) is 22.9. The summed E-state index contributed by atoms with van der Waals surface area (Å²) in [5.74, 6) is -9.45. The molecule has 4 aromatic rings. The quantitative estimate of drug-likeness (QED) is 0.0338. The third kappa shape index (κ3) is 19.7. The Kier molecular flexibility index (Phi) is 22.4. The van der Waals surface area contributed by atoms with Crippen LogP contribution in [0.15, 0.2) is 85.5 Å². The average molecular weight is 1200 g/mol. The number of ether oxygens (including phenoxy) is 2. The van der Waals surface area contributed by atoms with Gasteiger partial charge in [-0.2, -0.15) is 31.6 Å². The molecule has 2 aliphatic heterocycles. The van der Waals surface area contributed by atoms with E-state index >= 15 is 0 Å². The number of nitrogens with one attached hydrogen (secondary N) is 3. The number of halogens is 12. The van der Waals surface area contributed by atoms with Crippen LogP contribution in [-0.2, 0) is 41.9 Å². The lowest BCUT2D eigenvalue weighted by atomic mass is 10.0. The highest BCUT2D eigenvalue weighted by atomic mass is 19.4. The molecular formula is C48H47F12N11O12. The van der Waals surface area contributed by atoms with Gasteiger partial charge in [-0.25, -0.2) is 29.0 Å². The first kappa shape index (κ1) is 67.9. The van der Waals surface area contributed by atoms with Gasteiger partial charge < -0.3 is 45.0 Å². The second kappa shape index (κ2) is 27.4. The van der Waals surface area contributed by atoms with E-state index in [0.29, 0.717) is 0 Å². The number of nitrogens with zero attached hydrogens (tertiary/aromatic N) is 8.